The Labute approximate surface area is 103 Å². The standard InChI is InChI=1S/C15H20O2/c1-9-5-4-6-15(3)8-13-11(7-12(9)15)10(2)14(16)17-13/h7,9,11,13H,2,4-6,8H2,1,3H3/t9-,11-,13-,15+/m0/s1. The Balaban J connectivity index is 2.01. The van der Waals surface area contributed by atoms with Gasteiger partial charge in [0.2, 0.25) is 0 Å². The molecule has 4 atom stereocenters. The number of allylic oxidation sites excluding steroid dienone is 1. The molecule has 0 bridgehead atoms. The van der Waals surface area contributed by atoms with Crippen LogP contribution in [0.2, 0.25) is 0 Å². The molecule has 0 aromatic carbocycles. The fraction of sp³-hybridized carbons (Fsp3) is 0.667. The van der Waals surface area contributed by atoms with Gasteiger partial charge in [0.15, 0.2) is 0 Å². The van der Waals surface area contributed by atoms with E-state index in [2.05, 4.69) is 26.5 Å². The number of hydrogen-bond donors (Lipinski definition) is 0. The Morgan fingerprint density at radius 2 is 2.29 bits per heavy atom. The summed E-state index contributed by atoms with van der Waals surface area (Å²) in [7, 11) is 0. The molecule has 1 aliphatic heterocycles. The highest BCUT2D eigenvalue weighted by Gasteiger charge is 2.48. The zero-order chi connectivity index (χ0) is 12.2. The maximum Gasteiger partial charge on any atom is 0.334 e. The monoisotopic (exact) mass is 232 g/mol. The SMILES string of the molecule is C=C1C(=O)O[C@H]2C[C@@]3(C)CCC[C@H](C)C3=C[C@@H]12. The van der Waals surface area contributed by atoms with Crippen molar-refractivity contribution in [1.29, 1.82) is 0 Å². The molecule has 0 unspecified atom stereocenters. The van der Waals surface area contributed by atoms with Crippen LogP contribution in [0.4, 0.5) is 0 Å². The first-order valence-electron chi connectivity index (χ1n) is 6.63. The first kappa shape index (κ1) is 11.1. The zero-order valence-electron chi connectivity index (χ0n) is 10.7. The molecule has 17 heavy (non-hydrogen) atoms. The molecule has 2 nitrogen and oxygen atoms in total. The van der Waals surface area contributed by atoms with Crippen LogP contribution in [0.5, 0.6) is 0 Å². The van der Waals surface area contributed by atoms with Crippen LogP contribution in [0.25, 0.3) is 0 Å². The van der Waals surface area contributed by atoms with E-state index in [-0.39, 0.29) is 23.4 Å². The Morgan fingerprint density at radius 3 is 3.06 bits per heavy atom. The second-order valence-corrected chi connectivity index (χ2v) is 6.17. The molecule has 3 rings (SSSR count). The quantitative estimate of drug-likeness (QED) is 0.364. The molecular formula is C15H20O2. The van der Waals surface area contributed by atoms with Gasteiger partial charge in [-0.1, -0.05) is 38.5 Å². The van der Waals surface area contributed by atoms with E-state index in [1.165, 1.54) is 19.3 Å². The molecule has 2 heteroatoms. The van der Waals surface area contributed by atoms with Gasteiger partial charge in [-0.25, -0.2) is 4.79 Å². The second kappa shape index (κ2) is 3.47. The van der Waals surface area contributed by atoms with E-state index < -0.39 is 0 Å². The van der Waals surface area contributed by atoms with Crippen LogP contribution in [-0.2, 0) is 9.53 Å². The Kier molecular flexibility index (Phi) is 2.26. The minimum atomic E-state index is -0.188. The van der Waals surface area contributed by atoms with Crippen molar-refractivity contribution in [3.8, 4) is 0 Å². The molecule has 0 aromatic rings. The molecule has 0 radical (unpaired) electrons. The third-order valence-electron chi connectivity index (χ3n) is 4.93. The fourth-order valence-electron chi connectivity index (χ4n) is 3.94. The Morgan fingerprint density at radius 1 is 1.53 bits per heavy atom. The molecule has 1 saturated heterocycles. The number of rotatable bonds is 0. The summed E-state index contributed by atoms with van der Waals surface area (Å²) in [5.41, 5.74) is 2.45. The molecule has 0 spiro atoms. The van der Waals surface area contributed by atoms with Crippen LogP contribution in [0.3, 0.4) is 0 Å². The van der Waals surface area contributed by atoms with Gasteiger partial charge in [0.25, 0.3) is 0 Å². The van der Waals surface area contributed by atoms with E-state index >= 15 is 0 Å². The van der Waals surface area contributed by atoms with Crippen molar-refractivity contribution in [2.45, 2.75) is 45.6 Å². The van der Waals surface area contributed by atoms with Gasteiger partial charge in [-0.3, -0.25) is 0 Å². The Hall–Kier alpha value is -1.05. The Bertz CT molecular complexity index is 421. The number of esters is 1. The highest BCUT2D eigenvalue weighted by molar-refractivity contribution is 5.91. The molecule has 0 N–H and O–H groups in total. The lowest BCUT2D eigenvalue weighted by Crippen LogP contribution is -2.38. The number of carbonyl (C=O) groups is 1. The van der Waals surface area contributed by atoms with E-state index in [1.807, 2.05) is 0 Å². The van der Waals surface area contributed by atoms with Crippen LogP contribution in [0.1, 0.15) is 39.5 Å². The van der Waals surface area contributed by atoms with Gasteiger partial charge in [-0.2, -0.15) is 0 Å². The molecule has 0 aromatic heterocycles. The number of ether oxygens (including phenoxy) is 1. The fourth-order valence-corrected chi connectivity index (χ4v) is 3.94. The third kappa shape index (κ3) is 1.50. The highest BCUT2D eigenvalue weighted by atomic mass is 16.6. The van der Waals surface area contributed by atoms with Crippen LogP contribution in [0, 0.1) is 17.3 Å². The van der Waals surface area contributed by atoms with Gasteiger partial charge >= 0.3 is 5.97 Å². The van der Waals surface area contributed by atoms with Gasteiger partial charge in [0.05, 0.1) is 0 Å². The topological polar surface area (TPSA) is 26.3 Å². The second-order valence-electron chi connectivity index (χ2n) is 6.17. The largest absolute Gasteiger partial charge is 0.458 e. The smallest absolute Gasteiger partial charge is 0.334 e. The predicted molar refractivity (Wildman–Crippen MR) is 66.3 cm³/mol. The molecule has 2 fully saturated rings. The average Bonchev–Trinajstić information content (AvgIpc) is 2.52. The van der Waals surface area contributed by atoms with Crippen molar-refractivity contribution in [3.05, 3.63) is 23.8 Å². The van der Waals surface area contributed by atoms with Crippen LogP contribution in [0.15, 0.2) is 23.8 Å². The molecule has 92 valence electrons. The number of hydrogen-bond acceptors (Lipinski definition) is 2. The number of carbonyl (C=O) groups excluding carboxylic acids is 1. The van der Waals surface area contributed by atoms with E-state index in [9.17, 15) is 4.79 Å². The first-order valence-corrected chi connectivity index (χ1v) is 6.63. The zero-order valence-corrected chi connectivity index (χ0v) is 10.7. The van der Waals surface area contributed by atoms with Crippen LogP contribution < -0.4 is 0 Å². The van der Waals surface area contributed by atoms with Gasteiger partial charge in [-0.05, 0) is 30.6 Å². The van der Waals surface area contributed by atoms with E-state index in [0.29, 0.717) is 11.5 Å². The average molecular weight is 232 g/mol. The molecule has 1 heterocycles. The molecule has 0 amide bonds. The molecular weight excluding hydrogens is 212 g/mol. The van der Waals surface area contributed by atoms with E-state index in [0.717, 1.165) is 6.42 Å². The van der Waals surface area contributed by atoms with Crippen molar-refractivity contribution in [2.24, 2.45) is 17.3 Å². The minimum absolute atomic E-state index is 0.0500. The summed E-state index contributed by atoms with van der Waals surface area (Å²) in [4.78, 5) is 11.6. The van der Waals surface area contributed by atoms with Crippen molar-refractivity contribution in [1.82, 2.24) is 0 Å². The van der Waals surface area contributed by atoms with Crippen LogP contribution >= 0.6 is 0 Å². The van der Waals surface area contributed by atoms with Gasteiger partial charge in [0, 0.05) is 11.5 Å². The van der Waals surface area contributed by atoms with Gasteiger partial charge < -0.3 is 4.74 Å². The van der Waals surface area contributed by atoms with Gasteiger partial charge in [0.1, 0.15) is 6.10 Å². The molecule has 2 aliphatic carbocycles. The third-order valence-corrected chi connectivity index (χ3v) is 4.93. The predicted octanol–water partition coefficient (Wildman–Crippen LogP) is 3.24. The molecule has 1 saturated carbocycles. The number of fused-ring (bicyclic) bond motifs is 2. The van der Waals surface area contributed by atoms with Crippen molar-refractivity contribution >= 4 is 5.97 Å². The van der Waals surface area contributed by atoms with E-state index in [4.69, 9.17) is 4.74 Å². The van der Waals surface area contributed by atoms with Crippen molar-refractivity contribution < 1.29 is 9.53 Å². The summed E-state index contributed by atoms with van der Waals surface area (Å²) in [5.74, 6) is 0.607. The normalized spacial score (nSPS) is 44.8. The lowest BCUT2D eigenvalue weighted by molar-refractivity contribution is -0.140. The summed E-state index contributed by atoms with van der Waals surface area (Å²) in [6, 6.07) is 0. The summed E-state index contributed by atoms with van der Waals surface area (Å²) in [6.45, 7) is 8.53. The summed E-state index contributed by atoms with van der Waals surface area (Å²) < 4.78 is 5.44. The van der Waals surface area contributed by atoms with Crippen molar-refractivity contribution in [3.63, 3.8) is 0 Å². The van der Waals surface area contributed by atoms with Crippen molar-refractivity contribution in [2.75, 3.05) is 0 Å². The first-order chi connectivity index (χ1) is 8.01. The summed E-state index contributed by atoms with van der Waals surface area (Å²) in [6.07, 6.45) is 7.13. The van der Waals surface area contributed by atoms with E-state index in [1.54, 1.807) is 5.57 Å². The van der Waals surface area contributed by atoms with Gasteiger partial charge in [-0.15, -0.1) is 0 Å². The molecule has 3 aliphatic rings. The highest BCUT2D eigenvalue weighted by Crippen LogP contribution is 2.53. The van der Waals surface area contributed by atoms with Crippen LogP contribution in [-0.4, -0.2) is 12.1 Å². The maximum atomic E-state index is 11.6. The lowest BCUT2D eigenvalue weighted by Gasteiger charge is -2.45. The lowest BCUT2D eigenvalue weighted by atomic mass is 9.60. The summed E-state index contributed by atoms with van der Waals surface area (Å²) >= 11 is 0. The maximum absolute atomic E-state index is 11.6. The minimum Gasteiger partial charge on any atom is -0.458 e. The summed E-state index contributed by atoms with van der Waals surface area (Å²) in [5, 5.41) is 0.